The summed E-state index contributed by atoms with van der Waals surface area (Å²) in [4.78, 5) is 6.57. The number of halogens is 1. The lowest BCUT2D eigenvalue weighted by Crippen LogP contribution is -2.32. The molecule has 2 aromatic carbocycles. The number of rotatable bonds is 3. The molecule has 0 unspecified atom stereocenters. The van der Waals surface area contributed by atoms with Crippen LogP contribution in [-0.2, 0) is 13.0 Å². The van der Waals surface area contributed by atoms with E-state index < -0.39 is 0 Å². The third kappa shape index (κ3) is 2.90. The number of benzene rings is 2. The summed E-state index contributed by atoms with van der Waals surface area (Å²) in [5.41, 5.74) is 3.01. The van der Waals surface area contributed by atoms with Gasteiger partial charge in [-0.2, -0.15) is 10.1 Å². The Morgan fingerprint density at radius 3 is 2.67 bits per heavy atom. The first-order chi connectivity index (χ1) is 11.8. The number of aromatic nitrogens is 3. The van der Waals surface area contributed by atoms with Crippen LogP contribution in [0.25, 0.3) is 0 Å². The van der Waals surface area contributed by atoms with E-state index in [1.54, 1.807) is 18.2 Å². The van der Waals surface area contributed by atoms with Gasteiger partial charge in [0.15, 0.2) is 5.82 Å². The van der Waals surface area contributed by atoms with Gasteiger partial charge in [0.2, 0.25) is 5.95 Å². The average molecular weight is 321 g/mol. The zero-order chi connectivity index (χ0) is 16.4. The van der Waals surface area contributed by atoms with E-state index in [9.17, 15) is 4.39 Å². The SMILES string of the molecule is Fc1ccccc1Nc1cnnc(N2CCc3ccccc3C2)n1. The molecule has 0 spiro atoms. The van der Waals surface area contributed by atoms with Crippen molar-refractivity contribution in [1.29, 1.82) is 0 Å². The average Bonchev–Trinajstić information content (AvgIpc) is 2.63. The molecule has 3 aromatic rings. The van der Waals surface area contributed by atoms with Crippen molar-refractivity contribution in [3.8, 4) is 0 Å². The molecule has 0 bridgehead atoms. The molecule has 24 heavy (non-hydrogen) atoms. The van der Waals surface area contributed by atoms with Crippen molar-refractivity contribution in [1.82, 2.24) is 15.2 Å². The van der Waals surface area contributed by atoms with Gasteiger partial charge in [-0.25, -0.2) is 4.39 Å². The molecule has 0 amide bonds. The van der Waals surface area contributed by atoms with Gasteiger partial charge in [-0.05, 0) is 29.7 Å². The molecule has 0 atom stereocenters. The summed E-state index contributed by atoms with van der Waals surface area (Å²) < 4.78 is 13.8. The van der Waals surface area contributed by atoms with Crippen molar-refractivity contribution in [3.05, 3.63) is 71.7 Å². The number of hydrogen-bond acceptors (Lipinski definition) is 5. The number of hydrogen-bond donors (Lipinski definition) is 1. The van der Waals surface area contributed by atoms with Crippen LogP contribution < -0.4 is 10.2 Å². The molecule has 0 radical (unpaired) electrons. The number of para-hydroxylation sites is 1. The molecule has 0 saturated carbocycles. The maximum Gasteiger partial charge on any atom is 0.247 e. The molecule has 2 heterocycles. The van der Waals surface area contributed by atoms with Crippen LogP contribution in [0.2, 0.25) is 0 Å². The lowest BCUT2D eigenvalue weighted by atomic mass is 10.0. The molecule has 6 heteroatoms. The molecule has 1 aliphatic rings. The van der Waals surface area contributed by atoms with Gasteiger partial charge in [-0.1, -0.05) is 36.4 Å². The van der Waals surface area contributed by atoms with E-state index in [0.29, 0.717) is 17.5 Å². The van der Waals surface area contributed by atoms with Crippen molar-refractivity contribution >= 4 is 17.5 Å². The Morgan fingerprint density at radius 1 is 1.00 bits per heavy atom. The van der Waals surface area contributed by atoms with Gasteiger partial charge in [0.05, 0.1) is 11.9 Å². The summed E-state index contributed by atoms with van der Waals surface area (Å²) in [6, 6.07) is 14.9. The van der Waals surface area contributed by atoms with Crippen LogP contribution in [0.1, 0.15) is 11.1 Å². The number of anilines is 3. The van der Waals surface area contributed by atoms with Crippen LogP contribution >= 0.6 is 0 Å². The van der Waals surface area contributed by atoms with Gasteiger partial charge in [-0.3, -0.25) is 0 Å². The quantitative estimate of drug-likeness (QED) is 0.802. The third-order valence-corrected chi connectivity index (χ3v) is 4.10. The highest BCUT2D eigenvalue weighted by molar-refractivity contribution is 5.57. The Bertz CT molecular complexity index is 867. The van der Waals surface area contributed by atoms with Crippen molar-refractivity contribution in [2.75, 3.05) is 16.8 Å². The molecular formula is C18H16FN5. The highest BCUT2D eigenvalue weighted by Gasteiger charge is 2.18. The molecule has 0 saturated heterocycles. The summed E-state index contributed by atoms with van der Waals surface area (Å²) in [6.07, 6.45) is 2.44. The van der Waals surface area contributed by atoms with Crippen LogP contribution in [0, 0.1) is 5.82 Å². The minimum Gasteiger partial charge on any atom is -0.336 e. The Morgan fingerprint density at radius 2 is 1.79 bits per heavy atom. The van der Waals surface area contributed by atoms with Gasteiger partial charge in [0, 0.05) is 13.1 Å². The summed E-state index contributed by atoms with van der Waals surface area (Å²) in [7, 11) is 0. The highest BCUT2D eigenvalue weighted by Crippen LogP contribution is 2.23. The van der Waals surface area contributed by atoms with Crippen molar-refractivity contribution in [2.45, 2.75) is 13.0 Å². The number of nitrogens with zero attached hydrogens (tertiary/aromatic N) is 4. The van der Waals surface area contributed by atoms with Crippen LogP contribution in [-0.4, -0.2) is 21.7 Å². The smallest absolute Gasteiger partial charge is 0.247 e. The maximum atomic E-state index is 13.8. The fourth-order valence-electron chi connectivity index (χ4n) is 2.86. The van der Waals surface area contributed by atoms with Gasteiger partial charge in [-0.15, -0.1) is 5.10 Å². The maximum absolute atomic E-state index is 13.8. The highest BCUT2D eigenvalue weighted by atomic mass is 19.1. The molecule has 0 fully saturated rings. The van der Waals surface area contributed by atoms with E-state index in [2.05, 4.69) is 43.6 Å². The van der Waals surface area contributed by atoms with Crippen molar-refractivity contribution < 1.29 is 4.39 Å². The van der Waals surface area contributed by atoms with Crippen molar-refractivity contribution in [3.63, 3.8) is 0 Å². The number of nitrogens with one attached hydrogen (secondary N) is 1. The predicted molar refractivity (Wildman–Crippen MR) is 90.7 cm³/mol. The van der Waals surface area contributed by atoms with Gasteiger partial charge < -0.3 is 10.2 Å². The summed E-state index contributed by atoms with van der Waals surface area (Å²) >= 11 is 0. The minimum absolute atomic E-state index is 0.329. The minimum atomic E-state index is -0.329. The second-order valence-electron chi connectivity index (χ2n) is 5.69. The van der Waals surface area contributed by atoms with Crippen LogP contribution in [0.4, 0.5) is 21.8 Å². The Kier molecular flexibility index (Phi) is 3.78. The van der Waals surface area contributed by atoms with E-state index in [0.717, 1.165) is 19.5 Å². The molecule has 1 N–H and O–H groups in total. The van der Waals surface area contributed by atoms with E-state index >= 15 is 0 Å². The van der Waals surface area contributed by atoms with Crippen LogP contribution in [0.15, 0.2) is 54.7 Å². The second kappa shape index (κ2) is 6.23. The largest absolute Gasteiger partial charge is 0.336 e. The third-order valence-electron chi connectivity index (χ3n) is 4.10. The van der Waals surface area contributed by atoms with Crippen molar-refractivity contribution in [2.24, 2.45) is 0 Å². The monoisotopic (exact) mass is 321 g/mol. The second-order valence-corrected chi connectivity index (χ2v) is 5.69. The topological polar surface area (TPSA) is 53.9 Å². The lowest BCUT2D eigenvalue weighted by molar-refractivity contribution is 0.631. The Labute approximate surface area is 139 Å². The number of fused-ring (bicyclic) bond motifs is 1. The predicted octanol–water partition coefficient (Wildman–Crippen LogP) is 3.32. The van der Waals surface area contributed by atoms with E-state index in [4.69, 9.17) is 0 Å². The first kappa shape index (κ1) is 14.6. The van der Waals surface area contributed by atoms with Gasteiger partial charge in [0.1, 0.15) is 5.82 Å². The van der Waals surface area contributed by atoms with E-state index in [1.165, 1.54) is 23.4 Å². The summed E-state index contributed by atoms with van der Waals surface area (Å²) in [6.45, 7) is 1.59. The van der Waals surface area contributed by atoms with Gasteiger partial charge >= 0.3 is 0 Å². The van der Waals surface area contributed by atoms with Crippen LogP contribution in [0.5, 0.6) is 0 Å². The summed E-state index contributed by atoms with van der Waals surface area (Å²) in [5, 5.41) is 11.1. The zero-order valence-corrected chi connectivity index (χ0v) is 13.0. The molecule has 0 aliphatic carbocycles. The molecular weight excluding hydrogens is 305 g/mol. The molecule has 4 rings (SSSR count). The first-order valence-corrected chi connectivity index (χ1v) is 7.82. The van der Waals surface area contributed by atoms with Crippen LogP contribution in [0.3, 0.4) is 0 Å². The zero-order valence-electron chi connectivity index (χ0n) is 13.0. The van der Waals surface area contributed by atoms with E-state index in [-0.39, 0.29) is 5.82 Å². The Hall–Kier alpha value is -3.02. The molecule has 1 aliphatic heterocycles. The van der Waals surface area contributed by atoms with E-state index in [1.807, 2.05) is 6.07 Å². The molecule has 120 valence electrons. The summed E-state index contributed by atoms with van der Waals surface area (Å²) in [5.74, 6) is 0.694. The fourth-order valence-corrected chi connectivity index (χ4v) is 2.86. The Balaban J connectivity index is 1.56. The fraction of sp³-hybridized carbons (Fsp3) is 0.167. The van der Waals surface area contributed by atoms with Gasteiger partial charge in [0.25, 0.3) is 0 Å². The lowest BCUT2D eigenvalue weighted by Gasteiger charge is -2.28. The standard InChI is InChI=1S/C18H16FN5/c19-15-7-3-4-8-16(15)21-17-11-20-23-18(22-17)24-10-9-13-5-1-2-6-14(13)12-24/h1-8,11H,9-10,12H2,(H,21,22,23). The first-order valence-electron chi connectivity index (χ1n) is 7.82. The normalized spacial score (nSPS) is 13.5. The molecule has 1 aromatic heterocycles. The molecule has 5 nitrogen and oxygen atoms in total.